The molecule has 0 saturated carbocycles. The van der Waals surface area contributed by atoms with E-state index in [2.05, 4.69) is 21.2 Å². The summed E-state index contributed by atoms with van der Waals surface area (Å²) in [5.74, 6) is -1.31. The number of hydrogen-bond donors (Lipinski definition) is 2. The topological polar surface area (TPSA) is 67.4 Å². The van der Waals surface area contributed by atoms with Gasteiger partial charge in [-0.3, -0.25) is 10.1 Å². The van der Waals surface area contributed by atoms with Crippen molar-refractivity contribution >= 4 is 27.9 Å². The second kappa shape index (κ2) is 6.34. The molecule has 0 spiro atoms. The van der Waals surface area contributed by atoms with E-state index in [1.165, 1.54) is 32.2 Å². The van der Waals surface area contributed by atoms with Gasteiger partial charge in [0.05, 0.1) is 0 Å². The van der Waals surface area contributed by atoms with E-state index < -0.39 is 23.9 Å². The molecule has 18 heavy (non-hydrogen) atoms. The molecule has 1 aromatic carbocycles. The predicted molar refractivity (Wildman–Crippen MR) is 66.8 cm³/mol. The summed E-state index contributed by atoms with van der Waals surface area (Å²) >= 11 is 3.16. The van der Waals surface area contributed by atoms with E-state index in [4.69, 9.17) is 4.74 Å². The van der Waals surface area contributed by atoms with Gasteiger partial charge in [-0.1, -0.05) is 15.9 Å². The summed E-state index contributed by atoms with van der Waals surface area (Å²) in [6.45, 7) is 1.42. The quantitative estimate of drug-likeness (QED) is 0.893. The molecule has 1 unspecified atom stereocenters. The van der Waals surface area contributed by atoms with Crippen LogP contribution in [0.15, 0.2) is 22.7 Å². The summed E-state index contributed by atoms with van der Waals surface area (Å²) in [5, 5.41) is 4.26. The maximum atomic E-state index is 13.4. The van der Waals surface area contributed by atoms with Crippen LogP contribution in [0, 0.1) is 5.82 Å². The molecule has 0 aliphatic heterocycles. The van der Waals surface area contributed by atoms with Crippen LogP contribution in [0.25, 0.3) is 0 Å². The van der Waals surface area contributed by atoms with Crippen LogP contribution in [0.5, 0.6) is 5.75 Å². The van der Waals surface area contributed by atoms with Crippen LogP contribution in [0.2, 0.25) is 0 Å². The third-order valence-corrected chi connectivity index (χ3v) is 2.52. The SMILES string of the molecule is CNC(=O)NC(=O)C(C)Oc1cc(Br)ccc1F. The molecule has 1 aromatic rings. The van der Waals surface area contributed by atoms with Gasteiger partial charge in [-0.15, -0.1) is 0 Å². The average Bonchev–Trinajstić information content (AvgIpc) is 2.33. The Labute approximate surface area is 112 Å². The minimum Gasteiger partial charge on any atom is -0.478 e. The van der Waals surface area contributed by atoms with Crippen LogP contribution in [0.1, 0.15) is 6.92 Å². The van der Waals surface area contributed by atoms with Crippen LogP contribution < -0.4 is 15.4 Å². The van der Waals surface area contributed by atoms with Gasteiger partial charge in [0, 0.05) is 11.5 Å². The van der Waals surface area contributed by atoms with Crippen molar-refractivity contribution in [3.8, 4) is 5.75 Å². The molecule has 0 fully saturated rings. The minimum absolute atomic E-state index is 0.0658. The first-order valence-corrected chi connectivity index (χ1v) is 5.87. The molecule has 7 heteroatoms. The van der Waals surface area contributed by atoms with Gasteiger partial charge in [-0.05, 0) is 25.1 Å². The lowest BCUT2D eigenvalue weighted by Gasteiger charge is -2.14. The number of ether oxygens (including phenoxy) is 1. The molecule has 0 aromatic heterocycles. The van der Waals surface area contributed by atoms with Gasteiger partial charge < -0.3 is 10.1 Å². The fraction of sp³-hybridized carbons (Fsp3) is 0.273. The highest BCUT2D eigenvalue weighted by molar-refractivity contribution is 9.10. The first-order chi connectivity index (χ1) is 8.43. The van der Waals surface area contributed by atoms with Crippen LogP contribution in [0.3, 0.4) is 0 Å². The number of urea groups is 1. The van der Waals surface area contributed by atoms with Crippen LogP contribution in [-0.4, -0.2) is 25.1 Å². The van der Waals surface area contributed by atoms with E-state index in [1.807, 2.05) is 5.32 Å². The van der Waals surface area contributed by atoms with Crippen molar-refractivity contribution in [3.05, 3.63) is 28.5 Å². The molecule has 1 rings (SSSR count). The van der Waals surface area contributed by atoms with Gasteiger partial charge in [-0.25, -0.2) is 9.18 Å². The highest BCUT2D eigenvalue weighted by atomic mass is 79.9. The van der Waals surface area contributed by atoms with Crippen LogP contribution in [-0.2, 0) is 4.79 Å². The largest absolute Gasteiger partial charge is 0.478 e. The van der Waals surface area contributed by atoms with Crippen molar-refractivity contribution in [2.75, 3.05) is 7.05 Å². The Kier molecular flexibility index (Phi) is 5.08. The normalized spacial score (nSPS) is 11.6. The standard InChI is InChI=1S/C11H12BrFN2O3/c1-6(10(16)15-11(17)14-2)18-9-5-7(12)3-4-8(9)13/h3-6H,1-2H3,(H2,14,15,16,17). The third kappa shape index (κ3) is 3.99. The minimum atomic E-state index is -0.994. The van der Waals surface area contributed by atoms with Gasteiger partial charge in [0.1, 0.15) is 0 Å². The summed E-state index contributed by atoms with van der Waals surface area (Å²) in [6, 6.07) is 3.48. The Morgan fingerprint density at radius 1 is 1.44 bits per heavy atom. The van der Waals surface area contributed by atoms with E-state index >= 15 is 0 Å². The summed E-state index contributed by atoms with van der Waals surface area (Å²) < 4.78 is 19.1. The molecule has 3 amide bonds. The van der Waals surface area contributed by atoms with Crippen molar-refractivity contribution in [3.63, 3.8) is 0 Å². The second-order valence-corrected chi connectivity index (χ2v) is 4.32. The van der Waals surface area contributed by atoms with E-state index in [0.717, 1.165) is 0 Å². The predicted octanol–water partition coefficient (Wildman–Crippen LogP) is 1.81. The number of nitrogens with one attached hydrogen (secondary N) is 2. The molecule has 2 N–H and O–H groups in total. The lowest BCUT2D eigenvalue weighted by molar-refractivity contribution is -0.126. The summed E-state index contributed by atoms with van der Waals surface area (Å²) in [5.41, 5.74) is 0. The highest BCUT2D eigenvalue weighted by Crippen LogP contribution is 2.23. The molecular weight excluding hydrogens is 307 g/mol. The van der Waals surface area contributed by atoms with Crippen molar-refractivity contribution < 1.29 is 18.7 Å². The molecule has 0 aliphatic rings. The first-order valence-electron chi connectivity index (χ1n) is 5.08. The number of benzene rings is 1. The van der Waals surface area contributed by atoms with Crippen molar-refractivity contribution in [2.45, 2.75) is 13.0 Å². The zero-order chi connectivity index (χ0) is 13.7. The zero-order valence-electron chi connectivity index (χ0n) is 9.79. The molecule has 0 bridgehead atoms. The number of rotatable bonds is 3. The fourth-order valence-electron chi connectivity index (χ4n) is 1.09. The zero-order valence-corrected chi connectivity index (χ0v) is 11.4. The smallest absolute Gasteiger partial charge is 0.321 e. The van der Waals surface area contributed by atoms with Gasteiger partial charge >= 0.3 is 6.03 Å². The number of hydrogen-bond acceptors (Lipinski definition) is 3. The molecular formula is C11H12BrFN2O3. The van der Waals surface area contributed by atoms with E-state index in [9.17, 15) is 14.0 Å². The van der Waals surface area contributed by atoms with E-state index in [-0.39, 0.29) is 5.75 Å². The Morgan fingerprint density at radius 3 is 2.72 bits per heavy atom. The van der Waals surface area contributed by atoms with Crippen LogP contribution in [0.4, 0.5) is 9.18 Å². The van der Waals surface area contributed by atoms with Gasteiger partial charge in [-0.2, -0.15) is 0 Å². The molecule has 0 radical (unpaired) electrons. The van der Waals surface area contributed by atoms with Crippen molar-refractivity contribution in [1.82, 2.24) is 10.6 Å². The Morgan fingerprint density at radius 2 is 2.11 bits per heavy atom. The third-order valence-electron chi connectivity index (χ3n) is 2.03. The Hall–Kier alpha value is -1.63. The Balaban J connectivity index is 2.69. The molecule has 0 saturated heterocycles. The number of imide groups is 1. The average molecular weight is 319 g/mol. The molecule has 0 heterocycles. The summed E-state index contributed by atoms with van der Waals surface area (Å²) in [4.78, 5) is 22.4. The lowest BCUT2D eigenvalue weighted by atomic mass is 10.3. The van der Waals surface area contributed by atoms with E-state index in [0.29, 0.717) is 4.47 Å². The molecule has 5 nitrogen and oxygen atoms in total. The maximum absolute atomic E-state index is 13.4. The maximum Gasteiger partial charge on any atom is 0.321 e. The number of amides is 3. The Bertz CT molecular complexity index is 468. The molecule has 98 valence electrons. The molecule has 0 aliphatic carbocycles. The second-order valence-electron chi connectivity index (χ2n) is 3.40. The fourth-order valence-corrected chi connectivity index (χ4v) is 1.43. The summed E-state index contributed by atoms with van der Waals surface area (Å²) in [6.07, 6.45) is -0.994. The van der Waals surface area contributed by atoms with Gasteiger partial charge in [0.2, 0.25) is 0 Å². The highest BCUT2D eigenvalue weighted by Gasteiger charge is 2.18. The van der Waals surface area contributed by atoms with Crippen LogP contribution >= 0.6 is 15.9 Å². The van der Waals surface area contributed by atoms with E-state index in [1.54, 1.807) is 0 Å². The molecule has 1 atom stereocenters. The number of halogens is 2. The number of carbonyl (C=O) groups is 2. The van der Waals surface area contributed by atoms with Crippen molar-refractivity contribution in [2.24, 2.45) is 0 Å². The summed E-state index contributed by atoms with van der Waals surface area (Å²) in [7, 11) is 1.38. The monoisotopic (exact) mass is 318 g/mol. The van der Waals surface area contributed by atoms with Gasteiger partial charge in [0.25, 0.3) is 5.91 Å². The lowest BCUT2D eigenvalue weighted by Crippen LogP contribution is -2.44. The van der Waals surface area contributed by atoms with Gasteiger partial charge in [0.15, 0.2) is 17.7 Å². The first kappa shape index (κ1) is 14.4. The number of carbonyl (C=O) groups excluding carboxylic acids is 2. The van der Waals surface area contributed by atoms with Crippen molar-refractivity contribution in [1.29, 1.82) is 0 Å².